The van der Waals surface area contributed by atoms with Crippen LogP contribution in [-0.2, 0) is 11.3 Å². The van der Waals surface area contributed by atoms with Crippen LogP contribution < -0.4 is 0 Å². The minimum Gasteiger partial charge on any atom is -0.379 e. The van der Waals surface area contributed by atoms with Gasteiger partial charge in [0, 0.05) is 31.4 Å². The van der Waals surface area contributed by atoms with Gasteiger partial charge in [-0.3, -0.25) is 9.88 Å². The number of pyridine rings is 1. The standard InChI is InChI=1S/C25H24N4O/c1-2-6-20(7-3-1)21-9-11-23(12-10-21)29-25(24-8-4-5-13-26-24)22(18-27-29)19-28-14-16-30-17-15-28/h1-13,18H,14-17,19H2. The molecule has 0 spiro atoms. The molecular weight excluding hydrogens is 372 g/mol. The van der Waals surface area contributed by atoms with E-state index in [1.54, 1.807) is 0 Å². The van der Waals surface area contributed by atoms with E-state index in [1.165, 1.54) is 16.7 Å². The molecule has 5 heteroatoms. The molecule has 0 aliphatic carbocycles. The third-order valence-corrected chi connectivity index (χ3v) is 5.47. The van der Waals surface area contributed by atoms with Crippen molar-refractivity contribution in [3.05, 3.63) is 90.8 Å². The van der Waals surface area contributed by atoms with E-state index in [0.29, 0.717) is 0 Å². The molecule has 1 saturated heterocycles. The summed E-state index contributed by atoms with van der Waals surface area (Å²) in [5.41, 5.74) is 6.60. The molecule has 5 nitrogen and oxygen atoms in total. The Kier molecular flexibility index (Phi) is 5.38. The van der Waals surface area contributed by atoms with Gasteiger partial charge in [-0.2, -0.15) is 5.10 Å². The summed E-state index contributed by atoms with van der Waals surface area (Å²) in [6.45, 7) is 4.30. The normalized spacial score (nSPS) is 14.7. The van der Waals surface area contributed by atoms with Gasteiger partial charge in [-0.15, -0.1) is 0 Å². The van der Waals surface area contributed by atoms with Gasteiger partial charge in [-0.25, -0.2) is 4.68 Å². The molecule has 1 aliphatic rings. The Balaban J connectivity index is 1.51. The van der Waals surface area contributed by atoms with Crippen LogP contribution in [0.4, 0.5) is 0 Å². The quantitative estimate of drug-likeness (QED) is 0.500. The highest BCUT2D eigenvalue weighted by atomic mass is 16.5. The fourth-order valence-electron chi connectivity index (χ4n) is 3.90. The summed E-state index contributed by atoms with van der Waals surface area (Å²) in [6.07, 6.45) is 3.81. The van der Waals surface area contributed by atoms with E-state index in [-0.39, 0.29) is 0 Å². The highest BCUT2D eigenvalue weighted by molar-refractivity contribution is 5.66. The zero-order valence-electron chi connectivity index (χ0n) is 16.8. The molecule has 0 amide bonds. The zero-order chi connectivity index (χ0) is 20.2. The Labute approximate surface area is 176 Å². The van der Waals surface area contributed by atoms with Crippen molar-refractivity contribution in [1.82, 2.24) is 19.7 Å². The number of nitrogens with zero attached hydrogens (tertiary/aromatic N) is 4. The van der Waals surface area contributed by atoms with Crippen LogP contribution in [0, 0.1) is 0 Å². The molecule has 1 fully saturated rings. The van der Waals surface area contributed by atoms with E-state index in [1.807, 2.05) is 35.3 Å². The lowest BCUT2D eigenvalue weighted by atomic mass is 10.1. The van der Waals surface area contributed by atoms with Crippen LogP contribution in [0.5, 0.6) is 0 Å². The van der Waals surface area contributed by atoms with Gasteiger partial charge >= 0.3 is 0 Å². The van der Waals surface area contributed by atoms with Gasteiger partial charge in [0.15, 0.2) is 0 Å². The van der Waals surface area contributed by atoms with Crippen molar-refractivity contribution in [3.63, 3.8) is 0 Å². The van der Waals surface area contributed by atoms with Crippen molar-refractivity contribution in [2.45, 2.75) is 6.54 Å². The summed E-state index contributed by atoms with van der Waals surface area (Å²) in [5.74, 6) is 0. The van der Waals surface area contributed by atoms with Crippen molar-refractivity contribution in [2.24, 2.45) is 0 Å². The second-order valence-electron chi connectivity index (χ2n) is 7.45. The van der Waals surface area contributed by atoms with Gasteiger partial charge < -0.3 is 4.74 Å². The van der Waals surface area contributed by atoms with Gasteiger partial charge in [0.05, 0.1) is 36.5 Å². The van der Waals surface area contributed by atoms with Gasteiger partial charge in [0.25, 0.3) is 0 Å². The minimum absolute atomic E-state index is 0.786. The molecule has 0 N–H and O–H groups in total. The molecule has 0 radical (unpaired) electrons. The summed E-state index contributed by atoms with van der Waals surface area (Å²) < 4.78 is 7.51. The molecule has 3 heterocycles. The fraction of sp³-hybridized carbons (Fsp3) is 0.200. The predicted molar refractivity (Wildman–Crippen MR) is 118 cm³/mol. The third-order valence-electron chi connectivity index (χ3n) is 5.47. The Morgan fingerprint density at radius 2 is 1.53 bits per heavy atom. The predicted octanol–water partition coefficient (Wildman–Crippen LogP) is 4.43. The molecule has 0 unspecified atom stereocenters. The van der Waals surface area contributed by atoms with Gasteiger partial charge in [-0.05, 0) is 35.4 Å². The van der Waals surface area contributed by atoms with Crippen LogP contribution in [0.1, 0.15) is 5.56 Å². The first-order valence-electron chi connectivity index (χ1n) is 10.3. The van der Waals surface area contributed by atoms with Gasteiger partial charge in [0.2, 0.25) is 0 Å². The third kappa shape index (κ3) is 3.90. The van der Waals surface area contributed by atoms with Gasteiger partial charge in [0.1, 0.15) is 0 Å². The number of aromatic nitrogens is 3. The summed E-state index contributed by atoms with van der Waals surface area (Å²) >= 11 is 0. The monoisotopic (exact) mass is 396 g/mol. The molecule has 2 aromatic carbocycles. The van der Waals surface area contributed by atoms with Crippen LogP contribution in [0.3, 0.4) is 0 Å². The lowest BCUT2D eigenvalue weighted by Crippen LogP contribution is -2.35. The smallest absolute Gasteiger partial charge is 0.0970 e. The zero-order valence-corrected chi connectivity index (χ0v) is 16.8. The van der Waals surface area contributed by atoms with Crippen molar-refractivity contribution in [1.29, 1.82) is 0 Å². The lowest BCUT2D eigenvalue weighted by molar-refractivity contribution is 0.0342. The molecule has 0 bridgehead atoms. The number of benzene rings is 2. The lowest BCUT2D eigenvalue weighted by Gasteiger charge is -2.26. The highest BCUT2D eigenvalue weighted by Crippen LogP contribution is 2.28. The van der Waals surface area contributed by atoms with E-state index in [2.05, 4.69) is 64.5 Å². The summed E-state index contributed by atoms with van der Waals surface area (Å²) in [4.78, 5) is 7.03. The van der Waals surface area contributed by atoms with Crippen molar-refractivity contribution in [2.75, 3.05) is 26.3 Å². The van der Waals surface area contributed by atoms with E-state index < -0.39 is 0 Å². The summed E-state index contributed by atoms with van der Waals surface area (Å²) in [6, 6.07) is 25.0. The first kappa shape index (κ1) is 18.7. The SMILES string of the molecule is c1ccc(-c2ccc(-n3ncc(CN4CCOCC4)c3-c3ccccn3)cc2)cc1. The van der Waals surface area contributed by atoms with Crippen molar-refractivity contribution < 1.29 is 4.74 Å². The second kappa shape index (κ2) is 8.61. The van der Waals surface area contributed by atoms with Crippen LogP contribution in [0.2, 0.25) is 0 Å². The second-order valence-corrected chi connectivity index (χ2v) is 7.45. The van der Waals surface area contributed by atoms with Crippen molar-refractivity contribution >= 4 is 0 Å². The number of hydrogen-bond acceptors (Lipinski definition) is 4. The Morgan fingerprint density at radius 3 is 2.27 bits per heavy atom. The van der Waals surface area contributed by atoms with E-state index >= 15 is 0 Å². The number of hydrogen-bond donors (Lipinski definition) is 0. The number of rotatable bonds is 5. The average molecular weight is 396 g/mol. The first-order chi connectivity index (χ1) is 14.9. The highest BCUT2D eigenvalue weighted by Gasteiger charge is 2.19. The Bertz CT molecular complexity index is 1090. The van der Waals surface area contributed by atoms with Crippen LogP contribution in [-0.4, -0.2) is 46.0 Å². The average Bonchev–Trinajstić information content (AvgIpc) is 3.24. The minimum atomic E-state index is 0.786. The van der Waals surface area contributed by atoms with Crippen molar-refractivity contribution in [3.8, 4) is 28.2 Å². The molecule has 150 valence electrons. The molecule has 1 aliphatic heterocycles. The first-order valence-corrected chi connectivity index (χ1v) is 10.3. The molecular formula is C25H24N4O. The topological polar surface area (TPSA) is 43.2 Å². The maximum absolute atomic E-state index is 5.50. The number of morpholine rings is 1. The Morgan fingerprint density at radius 1 is 0.800 bits per heavy atom. The maximum atomic E-state index is 5.50. The largest absolute Gasteiger partial charge is 0.379 e. The van der Waals surface area contributed by atoms with Crippen LogP contribution >= 0.6 is 0 Å². The summed E-state index contributed by atoms with van der Waals surface area (Å²) in [7, 11) is 0. The molecule has 0 saturated carbocycles. The number of ether oxygens (including phenoxy) is 1. The molecule has 4 aromatic rings. The molecule has 0 atom stereocenters. The van der Waals surface area contributed by atoms with E-state index in [4.69, 9.17) is 9.84 Å². The van der Waals surface area contributed by atoms with E-state index in [9.17, 15) is 0 Å². The fourth-order valence-corrected chi connectivity index (χ4v) is 3.90. The maximum Gasteiger partial charge on any atom is 0.0970 e. The van der Waals surface area contributed by atoms with Crippen LogP contribution in [0.25, 0.3) is 28.2 Å². The molecule has 30 heavy (non-hydrogen) atoms. The van der Waals surface area contributed by atoms with Crippen LogP contribution in [0.15, 0.2) is 85.2 Å². The Hall–Kier alpha value is -3.28. The molecule has 2 aromatic heterocycles. The molecule has 5 rings (SSSR count). The summed E-state index contributed by atoms with van der Waals surface area (Å²) in [5, 5.41) is 4.75. The van der Waals surface area contributed by atoms with Gasteiger partial charge in [-0.1, -0.05) is 48.5 Å². The van der Waals surface area contributed by atoms with E-state index in [0.717, 1.165) is 49.9 Å².